The zero-order valence-electron chi connectivity index (χ0n) is 25.0. The lowest BCUT2D eigenvalue weighted by molar-refractivity contribution is 0.748. The maximum Gasteiger partial charge on any atom is 0.0754 e. The Bertz CT molecular complexity index is 2710. The quantitative estimate of drug-likeness (QED) is 0.170. The minimum Gasteiger partial charge on any atom is -0.309 e. The van der Waals surface area contributed by atoms with Crippen molar-refractivity contribution in [3.8, 4) is 27.9 Å². The van der Waals surface area contributed by atoms with Gasteiger partial charge in [-0.05, 0) is 90.3 Å². The van der Waals surface area contributed by atoms with Gasteiger partial charge in [-0.1, -0.05) is 140 Å². The molecule has 0 saturated carbocycles. The summed E-state index contributed by atoms with van der Waals surface area (Å²) in [7, 11) is 0. The maximum atomic E-state index is 2.53. The highest BCUT2D eigenvalue weighted by atomic mass is 15.0. The molecule has 1 spiro atoms. The smallest absolute Gasteiger partial charge is 0.0754 e. The van der Waals surface area contributed by atoms with Crippen LogP contribution < -0.4 is 0 Å². The van der Waals surface area contributed by atoms with Crippen molar-refractivity contribution >= 4 is 43.4 Å². The molecule has 11 rings (SSSR count). The molecule has 8 aromatic carbocycles. The molecule has 9 aromatic rings. The van der Waals surface area contributed by atoms with Crippen LogP contribution in [0.4, 0.5) is 0 Å². The van der Waals surface area contributed by atoms with Crippen molar-refractivity contribution in [3.63, 3.8) is 0 Å². The Hall–Kier alpha value is -5.92. The summed E-state index contributed by atoms with van der Waals surface area (Å²) in [6.45, 7) is 0. The number of hydrogen-bond donors (Lipinski definition) is 0. The molecule has 212 valence electrons. The molecule has 0 bridgehead atoms. The number of nitrogens with zero attached hydrogens (tertiary/aromatic N) is 1. The van der Waals surface area contributed by atoms with Gasteiger partial charge in [-0.3, -0.25) is 0 Å². The number of benzene rings is 8. The van der Waals surface area contributed by atoms with E-state index in [4.69, 9.17) is 0 Å². The van der Waals surface area contributed by atoms with Gasteiger partial charge >= 0.3 is 0 Å². The average molecular weight is 582 g/mol. The predicted molar refractivity (Wildman–Crippen MR) is 192 cm³/mol. The molecule has 1 aliphatic heterocycles. The van der Waals surface area contributed by atoms with Crippen LogP contribution in [-0.4, -0.2) is 4.57 Å². The van der Waals surface area contributed by atoms with Gasteiger partial charge in [0.1, 0.15) is 0 Å². The molecule has 2 aliphatic rings. The van der Waals surface area contributed by atoms with Gasteiger partial charge in [0.15, 0.2) is 0 Å². The zero-order chi connectivity index (χ0) is 30.0. The Morgan fingerprint density at radius 1 is 0.370 bits per heavy atom. The SMILES string of the molecule is c1ccc2c(c1)-c1ccccc1C21c2ccccc2-n2c3ccc(-c4ccc5c(ccc6ccccc65)c4)cc3c3cccc1c32. The Kier molecular flexibility index (Phi) is 4.57. The van der Waals surface area contributed by atoms with Gasteiger partial charge in [-0.25, -0.2) is 0 Å². The summed E-state index contributed by atoms with van der Waals surface area (Å²) in [5.41, 5.74) is 14.0. The van der Waals surface area contributed by atoms with E-state index in [2.05, 4.69) is 168 Å². The van der Waals surface area contributed by atoms with E-state index in [-0.39, 0.29) is 5.41 Å². The number of hydrogen-bond acceptors (Lipinski definition) is 0. The number of fused-ring (bicyclic) bond motifs is 15. The number of rotatable bonds is 1. The molecular formula is C45H27N. The molecular weight excluding hydrogens is 555 g/mol. The normalized spacial score (nSPS) is 13.8. The second kappa shape index (κ2) is 8.62. The van der Waals surface area contributed by atoms with Crippen molar-refractivity contribution in [2.45, 2.75) is 5.41 Å². The van der Waals surface area contributed by atoms with E-state index in [9.17, 15) is 0 Å². The first-order valence-electron chi connectivity index (χ1n) is 16.1. The van der Waals surface area contributed by atoms with Gasteiger partial charge in [0, 0.05) is 10.8 Å². The first-order valence-corrected chi connectivity index (χ1v) is 16.1. The highest BCUT2D eigenvalue weighted by Gasteiger charge is 2.50. The Balaban J connectivity index is 1.22. The minimum absolute atomic E-state index is 0.377. The van der Waals surface area contributed by atoms with Crippen LogP contribution in [0.1, 0.15) is 22.3 Å². The first kappa shape index (κ1) is 24.4. The Morgan fingerprint density at radius 2 is 0.978 bits per heavy atom. The predicted octanol–water partition coefficient (Wildman–Crippen LogP) is 11.4. The second-order valence-corrected chi connectivity index (χ2v) is 12.9. The molecule has 46 heavy (non-hydrogen) atoms. The summed E-state index contributed by atoms with van der Waals surface area (Å²) in [6.07, 6.45) is 0. The monoisotopic (exact) mass is 581 g/mol. The molecule has 0 radical (unpaired) electrons. The summed E-state index contributed by atoms with van der Waals surface area (Å²) in [5.74, 6) is 0. The van der Waals surface area contributed by atoms with Crippen molar-refractivity contribution in [1.82, 2.24) is 4.57 Å². The fourth-order valence-corrected chi connectivity index (χ4v) is 8.94. The van der Waals surface area contributed by atoms with Crippen LogP contribution >= 0.6 is 0 Å². The molecule has 1 aromatic heterocycles. The standard InChI is InChI=1S/C45H27N/c1-2-11-32-28(10-1)20-21-31-26-29(22-24-33(31)32)30-23-25-42-37(27-30)36-14-9-18-41-44(36)46(42)43-19-8-7-17-40(43)45(41)38-15-5-3-12-34(38)35-13-4-6-16-39(35)45/h1-27H. The highest BCUT2D eigenvalue weighted by molar-refractivity contribution is 6.14. The van der Waals surface area contributed by atoms with Crippen LogP contribution in [0.2, 0.25) is 0 Å². The minimum atomic E-state index is -0.377. The third kappa shape index (κ3) is 2.87. The van der Waals surface area contributed by atoms with Gasteiger partial charge in [-0.15, -0.1) is 0 Å². The van der Waals surface area contributed by atoms with Crippen LogP contribution in [0.3, 0.4) is 0 Å². The van der Waals surface area contributed by atoms with Gasteiger partial charge < -0.3 is 4.57 Å². The summed E-state index contributed by atoms with van der Waals surface area (Å²) < 4.78 is 2.53. The van der Waals surface area contributed by atoms with E-state index >= 15 is 0 Å². The summed E-state index contributed by atoms with van der Waals surface area (Å²) in [4.78, 5) is 0. The van der Waals surface area contributed by atoms with E-state index < -0.39 is 0 Å². The molecule has 1 nitrogen and oxygen atoms in total. The molecule has 1 aliphatic carbocycles. The Morgan fingerprint density at radius 3 is 1.83 bits per heavy atom. The fourth-order valence-electron chi connectivity index (χ4n) is 8.94. The average Bonchev–Trinajstić information content (AvgIpc) is 3.62. The number of para-hydroxylation sites is 2. The lowest BCUT2D eigenvalue weighted by atomic mass is 9.65. The van der Waals surface area contributed by atoms with Crippen molar-refractivity contribution in [3.05, 3.63) is 186 Å². The molecule has 0 amide bonds. The molecule has 0 atom stereocenters. The fraction of sp³-hybridized carbons (Fsp3) is 0.0222. The Labute approximate surface area is 266 Å². The largest absolute Gasteiger partial charge is 0.309 e. The van der Waals surface area contributed by atoms with Gasteiger partial charge in [-0.2, -0.15) is 0 Å². The molecule has 1 heteroatoms. The summed E-state index contributed by atoms with van der Waals surface area (Å²) in [5, 5.41) is 7.75. The van der Waals surface area contributed by atoms with E-state index in [0.29, 0.717) is 0 Å². The molecule has 0 N–H and O–H groups in total. The van der Waals surface area contributed by atoms with Crippen molar-refractivity contribution in [2.75, 3.05) is 0 Å². The van der Waals surface area contributed by atoms with E-state index in [0.717, 1.165) is 0 Å². The van der Waals surface area contributed by atoms with E-state index in [1.807, 2.05) is 0 Å². The van der Waals surface area contributed by atoms with Crippen LogP contribution in [0.5, 0.6) is 0 Å². The van der Waals surface area contributed by atoms with Crippen molar-refractivity contribution < 1.29 is 0 Å². The van der Waals surface area contributed by atoms with Crippen molar-refractivity contribution in [1.29, 1.82) is 0 Å². The van der Waals surface area contributed by atoms with E-state index in [1.165, 1.54) is 93.5 Å². The first-order chi connectivity index (χ1) is 22.8. The van der Waals surface area contributed by atoms with E-state index in [1.54, 1.807) is 0 Å². The molecule has 0 saturated heterocycles. The van der Waals surface area contributed by atoms with Crippen molar-refractivity contribution in [2.24, 2.45) is 0 Å². The van der Waals surface area contributed by atoms with Crippen LogP contribution in [0, 0.1) is 0 Å². The highest BCUT2D eigenvalue weighted by Crippen LogP contribution is 2.60. The topological polar surface area (TPSA) is 4.93 Å². The van der Waals surface area contributed by atoms with Crippen LogP contribution in [0.25, 0.3) is 71.3 Å². The number of aromatic nitrogens is 1. The van der Waals surface area contributed by atoms with Gasteiger partial charge in [0.25, 0.3) is 0 Å². The van der Waals surface area contributed by atoms with Gasteiger partial charge in [0.2, 0.25) is 0 Å². The third-order valence-electron chi connectivity index (χ3n) is 10.8. The van der Waals surface area contributed by atoms with Crippen LogP contribution in [0.15, 0.2) is 164 Å². The van der Waals surface area contributed by atoms with Crippen LogP contribution in [-0.2, 0) is 5.41 Å². The molecule has 0 unspecified atom stereocenters. The second-order valence-electron chi connectivity index (χ2n) is 12.9. The van der Waals surface area contributed by atoms with Gasteiger partial charge in [0.05, 0.1) is 22.1 Å². The molecule has 0 fully saturated rings. The third-order valence-corrected chi connectivity index (χ3v) is 10.8. The lowest BCUT2D eigenvalue weighted by Crippen LogP contribution is -2.33. The lowest BCUT2D eigenvalue weighted by Gasteiger charge is -2.39. The molecule has 2 heterocycles. The summed E-state index contributed by atoms with van der Waals surface area (Å²) in [6, 6.07) is 61.3. The zero-order valence-corrected chi connectivity index (χ0v) is 25.0. The summed E-state index contributed by atoms with van der Waals surface area (Å²) >= 11 is 0. The maximum absolute atomic E-state index is 2.53.